The monoisotopic (exact) mass is 300 g/mol. The van der Waals surface area contributed by atoms with Crippen molar-refractivity contribution in [2.75, 3.05) is 0 Å². The van der Waals surface area contributed by atoms with E-state index < -0.39 is 5.97 Å². The lowest BCUT2D eigenvalue weighted by molar-refractivity contribution is -0.135. The Balaban J connectivity index is 1.80. The number of benzene rings is 1. The number of fused-ring (bicyclic) bond motifs is 1. The van der Waals surface area contributed by atoms with E-state index >= 15 is 0 Å². The molecule has 21 heavy (non-hydrogen) atoms. The molecule has 0 aliphatic heterocycles. The maximum atomic E-state index is 12.2. The molecule has 3 aromatic rings. The summed E-state index contributed by atoms with van der Waals surface area (Å²) in [6.07, 6.45) is 1.37. The van der Waals surface area contributed by atoms with Gasteiger partial charge in [-0.1, -0.05) is 12.1 Å². The molecular formula is C15H12N2O3S. The first-order valence-corrected chi connectivity index (χ1v) is 7.21. The molecule has 0 radical (unpaired) electrons. The van der Waals surface area contributed by atoms with E-state index in [4.69, 9.17) is 4.74 Å². The fourth-order valence-corrected chi connectivity index (χ4v) is 2.71. The number of hydrogen-bond acceptors (Lipinski definition) is 5. The molecule has 0 spiro atoms. The Labute approximate surface area is 124 Å². The Kier molecular flexibility index (Phi) is 3.53. The van der Waals surface area contributed by atoms with Gasteiger partial charge in [0.2, 0.25) is 0 Å². The SMILES string of the molecule is Cc1cccc(OC(=O)Cn2cnc3sccc3c2=O)c1. The van der Waals surface area contributed by atoms with Gasteiger partial charge in [-0.05, 0) is 36.1 Å². The second-order valence-corrected chi connectivity index (χ2v) is 5.50. The summed E-state index contributed by atoms with van der Waals surface area (Å²) in [5.41, 5.74) is 0.765. The van der Waals surface area contributed by atoms with Crippen molar-refractivity contribution in [3.63, 3.8) is 0 Å². The number of carbonyl (C=O) groups excluding carboxylic acids is 1. The van der Waals surface area contributed by atoms with Crippen LogP contribution in [-0.2, 0) is 11.3 Å². The number of rotatable bonds is 3. The number of aryl methyl sites for hydroxylation is 1. The van der Waals surface area contributed by atoms with Gasteiger partial charge in [-0.15, -0.1) is 11.3 Å². The Hall–Kier alpha value is -2.47. The first-order chi connectivity index (χ1) is 10.1. The van der Waals surface area contributed by atoms with Gasteiger partial charge in [0, 0.05) is 0 Å². The predicted octanol–water partition coefficient (Wildman–Crippen LogP) is 2.37. The molecule has 0 fully saturated rings. The van der Waals surface area contributed by atoms with E-state index in [1.54, 1.807) is 23.6 Å². The highest BCUT2D eigenvalue weighted by atomic mass is 32.1. The van der Waals surface area contributed by atoms with Crippen LogP contribution in [0.5, 0.6) is 5.75 Å². The normalized spacial score (nSPS) is 10.7. The molecule has 0 unspecified atom stereocenters. The first-order valence-electron chi connectivity index (χ1n) is 6.33. The van der Waals surface area contributed by atoms with Crippen molar-refractivity contribution in [2.45, 2.75) is 13.5 Å². The van der Waals surface area contributed by atoms with Gasteiger partial charge in [0.05, 0.1) is 11.7 Å². The summed E-state index contributed by atoms with van der Waals surface area (Å²) in [5, 5.41) is 2.32. The first kappa shape index (κ1) is 13.5. The van der Waals surface area contributed by atoms with Crippen LogP contribution in [0, 0.1) is 6.92 Å². The maximum absolute atomic E-state index is 12.2. The Bertz CT molecular complexity index is 866. The van der Waals surface area contributed by atoms with E-state index in [1.807, 2.05) is 19.1 Å². The molecule has 0 saturated heterocycles. The van der Waals surface area contributed by atoms with Crippen molar-refractivity contribution in [1.82, 2.24) is 9.55 Å². The second-order valence-electron chi connectivity index (χ2n) is 4.61. The third-order valence-electron chi connectivity index (χ3n) is 2.97. The Morgan fingerprint density at radius 1 is 1.38 bits per heavy atom. The Morgan fingerprint density at radius 3 is 3.05 bits per heavy atom. The van der Waals surface area contributed by atoms with E-state index in [2.05, 4.69) is 4.98 Å². The number of hydrogen-bond donors (Lipinski definition) is 0. The molecule has 0 amide bonds. The highest BCUT2D eigenvalue weighted by molar-refractivity contribution is 7.16. The zero-order valence-electron chi connectivity index (χ0n) is 11.3. The smallest absolute Gasteiger partial charge is 0.331 e. The number of ether oxygens (including phenoxy) is 1. The van der Waals surface area contributed by atoms with Crippen molar-refractivity contribution in [3.05, 3.63) is 58.0 Å². The van der Waals surface area contributed by atoms with Crippen LogP contribution >= 0.6 is 11.3 Å². The minimum atomic E-state index is -0.501. The van der Waals surface area contributed by atoms with Crippen molar-refractivity contribution in [1.29, 1.82) is 0 Å². The van der Waals surface area contributed by atoms with Gasteiger partial charge in [0.15, 0.2) is 0 Å². The van der Waals surface area contributed by atoms with Crippen LogP contribution in [0.15, 0.2) is 46.8 Å². The summed E-state index contributed by atoms with van der Waals surface area (Å²) in [5.74, 6) is -0.0308. The number of nitrogens with zero attached hydrogens (tertiary/aromatic N) is 2. The van der Waals surface area contributed by atoms with Crippen LogP contribution in [0.1, 0.15) is 5.56 Å². The summed E-state index contributed by atoms with van der Waals surface area (Å²) in [6, 6.07) is 8.89. The minimum absolute atomic E-state index is 0.161. The van der Waals surface area contributed by atoms with Gasteiger partial charge in [-0.3, -0.25) is 9.36 Å². The van der Waals surface area contributed by atoms with Crippen LogP contribution in [0.2, 0.25) is 0 Å². The van der Waals surface area contributed by atoms with Crippen molar-refractivity contribution >= 4 is 27.5 Å². The second kappa shape index (κ2) is 5.49. The number of thiophene rings is 1. The lowest BCUT2D eigenvalue weighted by atomic mass is 10.2. The molecule has 0 aliphatic rings. The largest absolute Gasteiger partial charge is 0.425 e. The van der Waals surface area contributed by atoms with E-state index in [0.29, 0.717) is 16.0 Å². The van der Waals surface area contributed by atoms with Crippen LogP contribution in [0.3, 0.4) is 0 Å². The van der Waals surface area contributed by atoms with E-state index in [0.717, 1.165) is 5.56 Å². The van der Waals surface area contributed by atoms with E-state index in [1.165, 1.54) is 22.2 Å². The summed E-state index contributed by atoms with van der Waals surface area (Å²) in [7, 11) is 0. The average Bonchev–Trinajstić information content (AvgIpc) is 2.91. The topological polar surface area (TPSA) is 61.2 Å². The zero-order valence-corrected chi connectivity index (χ0v) is 12.1. The van der Waals surface area contributed by atoms with Crippen LogP contribution < -0.4 is 10.3 Å². The van der Waals surface area contributed by atoms with Crippen molar-refractivity contribution in [2.24, 2.45) is 0 Å². The molecule has 1 aromatic carbocycles. The molecule has 0 saturated carbocycles. The van der Waals surface area contributed by atoms with Crippen molar-refractivity contribution < 1.29 is 9.53 Å². The standard InChI is InChI=1S/C15H12N2O3S/c1-10-3-2-4-11(7-10)20-13(18)8-17-9-16-14-12(15(17)19)5-6-21-14/h2-7,9H,8H2,1H3. The number of esters is 1. The molecule has 0 bridgehead atoms. The van der Waals surface area contributed by atoms with Gasteiger partial charge in [-0.2, -0.15) is 0 Å². The maximum Gasteiger partial charge on any atom is 0.331 e. The van der Waals surface area contributed by atoms with Gasteiger partial charge in [-0.25, -0.2) is 9.78 Å². The molecule has 2 aromatic heterocycles. The van der Waals surface area contributed by atoms with Crippen LogP contribution in [0.4, 0.5) is 0 Å². The third kappa shape index (κ3) is 2.85. The van der Waals surface area contributed by atoms with Gasteiger partial charge < -0.3 is 4.74 Å². The van der Waals surface area contributed by atoms with Gasteiger partial charge in [0.25, 0.3) is 5.56 Å². The molecule has 5 nitrogen and oxygen atoms in total. The van der Waals surface area contributed by atoms with E-state index in [-0.39, 0.29) is 12.1 Å². The molecule has 0 atom stereocenters. The number of aromatic nitrogens is 2. The molecule has 6 heteroatoms. The summed E-state index contributed by atoms with van der Waals surface area (Å²) in [6.45, 7) is 1.75. The summed E-state index contributed by atoms with van der Waals surface area (Å²) >= 11 is 1.39. The quantitative estimate of drug-likeness (QED) is 0.550. The highest BCUT2D eigenvalue weighted by Gasteiger charge is 2.10. The fourth-order valence-electron chi connectivity index (χ4n) is 1.99. The van der Waals surface area contributed by atoms with Crippen LogP contribution in [0.25, 0.3) is 10.2 Å². The molecule has 106 valence electrons. The molecule has 3 rings (SSSR count). The van der Waals surface area contributed by atoms with Crippen LogP contribution in [-0.4, -0.2) is 15.5 Å². The molecule has 0 aliphatic carbocycles. The zero-order chi connectivity index (χ0) is 14.8. The average molecular weight is 300 g/mol. The van der Waals surface area contributed by atoms with E-state index in [9.17, 15) is 9.59 Å². The van der Waals surface area contributed by atoms with Gasteiger partial charge >= 0.3 is 5.97 Å². The van der Waals surface area contributed by atoms with Crippen molar-refractivity contribution in [3.8, 4) is 5.75 Å². The summed E-state index contributed by atoms with van der Waals surface area (Å²) in [4.78, 5) is 28.9. The minimum Gasteiger partial charge on any atom is -0.425 e. The van der Waals surface area contributed by atoms with Gasteiger partial charge in [0.1, 0.15) is 17.1 Å². The lowest BCUT2D eigenvalue weighted by Gasteiger charge is -2.06. The molecular weight excluding hydrogens is 288 g/mol. The molecule has 2 heterocycles. The summed E-state index contributed by atoms with van der Waals surface area (Å²) < 4.78 is 6.48. The molecule has 0 N–H and O–H groups in total. The third-order valence-corrected chi connectivity index (χ3v) is 3.79. The fraction of sp³-hybridized carbons (Fsp3) is 0.133. The predicted molar refractivity (Wildman–Crippen MR) is 80.7 cm³/mol. The number of carbonyl (C=O) groups is 1. The highest BCUT2D eigenvalue weighted by Crippen LogP contribution is 2.14. The Morgan fingerprint density at radius 2 is 2.24 bits per heavy atom. The lowest BCUT2D eigenvalue weighted by Crippen LogP contribution is -2.26.